The minimum Gasteiger partial charge on any atom is -0.353 e. The quantitative estimate of drug-likeness (QED) is 0.355. The average Bonchev–Trinajstić information content (AvgIpc) is 2.55. The molecule has 0 aliphatic rings. The highest BCUT2D eigenvalue weighted by atomic mass is 16.5. The van der Waals surface area contributed by atoms with Crippen LogP contribution in [-0.4, -0.2) is 23.1 Å². The maximum atomic E-state index is 11.1. The molecule has 0 aliphatic carbocycles. The fraction of sp³-hybridized carbons (Fsp3) is 0.235. The van der Waals surface area contributed by atoms with Gasteiger partial charge in [-0.3, -0.25) is 5.41 Å². The Morgan fingerprint density at radius 2 is 2.04 bits per heavy atom. The topological polar surface area (TPSA) is 113 Å². The van der Waals surface area contributed by atoms with Crippen LogP contribution in [0.1, 0.15) is 17.5 Å². The molecule has 5 N–H and O–H groups in total. The molecule has 2 amide bonds. The van der Waals surface area contributed by atoms with Crippen LogP contribution < -0.4 is 16.4 Å². The molecular formula is C17H21N5O2. The summed E-state index contributed by atoms with van der Waals surface area (Å²) in [6.45, 7) is 2.20. The van der Waals surface area contributed by atoms with E-state index in [-0.39, 0.29) is 12.3 Å². The summed E-state index contributed by atoms with van der Waals surface area (Å²) >= 11 is 0. The first-order chi connectivity index (χ1) is 11.5. The highest BCUT2D eigenvalue weighted by Gasteiger charge is 2.15. The number of amidine groups is 1. The molecule has 2 rings (SSSR count). The molecule has 1 aromatic carbocycles. The largest absolute Gasteiger partial charge is 0.353 e. The molecule has 1 unspecified atom stereocenters. The second-order valence-electron chi connectivity index (χ2n) is 5.27. The summed E-state index contributed by atoms with van der Waals surface area (Å²) in [4.78, 5) is 15.3. The maximum Gasteiger partial charge on any atom is 0.314 e. The lowest BCUT2D eigenvalue weighted by molar-refractivity contribution is 0.0308. The summed E-state index contributed by atoms with van der Waals surface area (Å²) in [5, 5.41) is 13.5. The summed E-state index contributed by atoms with van der Waals surface area (Å²) in [5.41, 5.74) is 7.07. The number of amides is 2. The molecule has 0 bridgehead atoms. The highest BCUT2D eigenvalue weighted by molar-refractivity contribution is 5.93. The lowest BCUT2D eigenvalue weighted by atomic mass is 10.2. The molecule has 1 atom stereocenters. The summed E-state index contributed by atoms with van der Waals surface area (Å²) in [6.07, 6.45) is 1.09. The molecule has 1 aromatic heterocycles. The first kappa shape index (κ1) is 17.4. The number of ether oxygens (including phenoxy) is 1. The molecule has 7 heteroatoms. The normalized spacial score (nSPS) is 11.5. The van der Waals surface area contributed by atoms with Gasteiger partial charge in [0, 0.05) is 6.20 Å². The van der Waals surface area contributed by atoms with Crippen molar-refractivity contribution in [3.8, 4) is 0 Å². The van der Waals surface area contributed by atoms with Crippen LogP contribution in [-0.2, 0) is 11.3 Å². The Kier molecular flexibility index (Phi) is 6.27. The van der Waals surface area contributed by atoms with Crippen molar-refractivity contribution in [3.63, 3.8) is 0 Å². The van der Waals surface area contributed by atoms with Gasteiger partial charge in [0.25, 0.3) is 0 Å². The summed E-state index contributed by atoms with van der Waals surface area (Å²) in [7, 11) is 0. The first-order valence-electron chi connectivity index (χ1n) is 7.52. The zero-order valence-corrected chi connectivity index (χ0v) is 13.5. The number of primary amides is 1. The standard InChI is InChI=1S/C17H21N5O2/c1-12-6-5-9-20-16(12)21-14(18)10-15(22-17(19)23)24-11-13-7-3-2-4-8-13/h2-9,15H,10-11H2,1H3,(H2,18,20,21)(H3,19,22,23). The number of pyridine rings is 1. The summed E-state index contributed by atoms with van der Waals surface area (Å²) in [6, 6.07) is 12.6. The van der Waals surface area contributed by atoms with Crippen molar-refractivity contribution >= 4 is 17.7 Å². The van der Waals surface area contributed by atoms with Gasteiger partial charge in [0.1, 0.15) is 17.9 Å². The third-order valence-corrected chi connectivity index (χ3v) is 3.27. The Hall–Kier alpha value is -2.93. The van der Waals surface area contributed by atoms with Crippen LogP contribution in [0.25, 0.3) is 0 Å². The van der Waals surface area contributed by atoms with E-state index in [2.05, 4.69) is 15.6 Å². The SMILES string of the molecule is Cc1cccnc1NC(=N)CC(NC(N)=O)OCc1ccccc1. The zero-order chi connectivity index (χ0) is 17.4. The van der Waals surface area contributed by atoms with Crippen molar-refractivity contribution in [2.45, 2.75) is 26.2 Å². The Labute approximate surface area is 140 Å². The van der Waals surface area contributed by atoms with Gasteiger partial charge in [-0.15, -0.1) is 0 Å². The molecule has 24 heavy (non-hydrogen) atoms. The number of anilines is 1. The fourth-order valence-corrected chi connectivity index (χ4v) is 2.08. The molecule has 2 aromatic rings. The molecule has 0 fully saturated rings. The minimum atomic E-state index is -0.702. The molecule has 0 spiro atoms. The highest BCUT2D eigenvalue weighted by Crippen LogP contribution is 2.11. The van der Waals surface area contributed by atoms with Gasteiger partial charge in [0.15, 0.2) is 0 Å². The number of nitrogens with zero attached hydrogens (tertiary/aromatic N) is 1. The van der Waals surface area contributed by atoms with Gasteiger partial charge in [-0.1, -0.05) is 36.4 Å². The monoisotopic (exact) mass is 327 g/mol. The number of nitrogens with two attached hydrogens (primary N) is 1. The molecule has 1 heterocycles. The van der Waals surface area contributed by atoms with Crippen molar-refractivity contribution in [3.05, 3.63) is 59.8 Å². The third-order valence-electron chi connectivity index (χ3n) is 3.27. The lowest BCUT2D eigenvalue weighted by Crippen LogP contribution is -2.42. The van der Waals surface area contributed by atoms with E-state index in [4.69, 9.17) is 15.9 Å². The van der Waals surface area contributed by atoms with Crippen LogP contribution in [0.3, 0.4) is 0 Å². The minimum absolute atomic E-state index is 0.145. The van der Waals surface area contributed by atoms with E-state index in [0.717, 1.165) is 11.1 Å². The van der Waals surface area contributed by atoms with Crippen LogP contribution in [0.4, 0.5) is 10.6 Å². The van der Waals surface area contributed by atoms with Crippen LogP contribution in [0.5, 0.6) is 0 Å². The van der Waals surface area contributed by atoms with Crippen molar-refractivity contribution in [2.24, 2.45) is 5.73 Å². The number of hydrogen-bond acceptors (Lipinski definition) is 4. The van der Waals surface area contributed by atoms with Crippen LogP contribution in [0.15, 0.2) is 48.7 Å². The van der Waals surface area contributed by atoms with Crippen molar-refractivity contribution in [1.82, 2.24) is 10.3 Å². The number of urea groups is 1. The van der Waals surface area contributed by atoms with Gasteiger partial charge < -0.3 is 21.1 Å². The van der Waals surface area contributed by atoms with Gasteiger partial charge >= 0.3 is 6.03 Å². The van der Waals surface area contributed by atoms with Gasteiger partial charge in [0.05, 0.1) is 13.0 Å². The molecule has 0 saturated heterocycles. The second-order valence-corrected chi connectivity index (χ2v) is 5.27. The molecular weight excluding hydrogens is 306 g/mol. The van der Waals surface area contributed by atoms with Gasteiger partial charge in [-0.25, -0.2) is 9.78 Å². The van der Waals surface area contributed by atoms with Crippen LogP contribution in [0.2, 0.25) is 0 Å². The Morgan fingerprint density at radius 1 is 1.29 bits per heavy atom. The van der Waals surface area contributed by atoms with E-state index >= 15 is 0 Å². The number of rotatable bonds is 7. The molecule has 0 radical (unpaired) electrons. The van der Waals surface area contributed by atoms with Crippen LogP contribution >= 0.6 is 0 Å². The zero-order valence-electron chi connectivity index (χ0n) is 13.5. The predicted molar refractivity (Wildman–Crippen MR) is 92.7 cm³/mol. The van der Waals surface area contributed by atoms with Crippen molar-refractivity contribution < 1.29 is 9.53 Å². The average molecular weight is 327 g/mol. The molecule has 126 valence electrons. The third kappa shape index (κ3) is 5.69. The Bertz CT molecular complexity index is 690. The Balaban J connectivity index is 1.93. The second kappa shape index (κ2) is 8.64. The number of aryl methyl sites for hydroxylation is 1. The number of hydrogen-bond donors (Lipinski definition) is 4. The number of nitrogens with one attached hydrogen (secondary N) is 3. The van der Waals surface area contributed by atoms with E-state index in [1.165, 1.54) is 0 Å². The first-order valence-corrected chi connectivity index (χ1v) is 7.52. The van der Waals surface area contributed by atoms with Gasteiger partial charge in [-0.2, -0.15) is 0 Å². The van der Waals surface area contributed by atoms with Crippen molar-refractivity contribution in [2.75, 3.05) is 5.32 Å². The number of aromatic nitrogens is 1. The van der Waals surface area contributed by atoms with E-state index in [0.29, 0.717) is 12.4 Å². The lowest BCUT2D eigenvalue weighted by Gasteiger charge is -2.19. The maximum absolute atomic E-state index is 11.1. The van der Waals surface area contributed by atoms with Gasteiger partial charge in [0.2, 0.25) is 0 Å². The number of carbonyl (C=O) groups excluding carboxylic acids is 1. The number of carbonyl (C=O) groups is 1. The molecule has 0 aliphatic heterocycles. The fourth-order valence-electron chi connectivity index (χ4n) is 2.08. The molecule has 7 nitrogen and oxygen atoms in total. The van der Waals surface area contributed by atoms with E-state index in [1.54, 1.807) is 6.20 Å². The van der Waals surface area contributed by atoms with Gasteiger partial charge in [-0.05, 0) is 24.1 Å². The Morgan fingerprint density at radius 3 is 2.71 bits per heavy atom. The smallest absolute Gasteiger partial charge is 0.314 e. The predicted octanol–water partition coefficient (Wildman–Crippen LogP) is 2.38. The van der Waals surface area contributed by atoms with E-state index < -0.39 is 12.3 Å². The van der Waals surface area contributed by atoms with E-state index in [1.807, 2.05) is 49.4 Å². The van der Waals surface area contributed by atoms with E-state index in [9.17, 15) is 4.79 Å². The number of benzene rings is 1. The summed E-state index contributed by atoms with van der Waals surface area (Å²) < 4.78 is 5.66. The molecule has 0 saturated carbocycles. The van der Waals surface area contributed by atoms with Crippen LogP contribution in [0, 0.1) is 12.3 Å². The summed E-state index contributed by atoms with van der Waals surface area (Å²) in [5.74, 6) is 0.770. The van der Waals surface area contributed by atoms with Crippen molar-refractivity contribution in [1.29, 1.82) is 5.41 Å².